The molecule has 2 heterocycles. The van der Waals surface area contributed by atoms with Crippen molar-refractivity contribution in [2.24, 2.45) is 0 Å². The van der Waals surface area contributed by atoms with Crippen molar-refractivity contribution in [2.45, 2.75) is 6.18 Å². The van der Waals surface area contributed by atoms with Gasteiger partial charge in [-0.1, -0.05) is 0 Å². The molecule has 0 fully saturated rings. The van der Waals surface area contributed by atoms with Crippen molar-refractivity contribution in [2.75, 3.05) is 7.11 Å². The zero-order valence-electron chi connectivity index (χ0n) is 8.52. The lowest BCUT2D eigenvalue weighted by atomic mass is 10.4. The molecule has 0 aliphatic carbocycles. The van der Waals surface area contributed by atoms with Crippen molar-refractivity contribution < 1.29 is 22.7 Å². The number of esters is 1. The van der Waals surface area contributed by atoms with Gasteiger partial charge in [0.05, 0.1) is 7.11 Å². The van der Waals surface area contributed by atoms with Crippen LogP contribution in [0.5, 0.6) is 0 Å². The van der Waals surface area contributed by atoms with Crippen LogP contribution < -0.4 is 0 Å². The summed E-state index contributed by atoms with van der Waals surface area (Å²) < 4.78 is 42.4. The summed E-state index contributed by atoms with van der Waals surface area (Å²) in [5.41, 5.74) is -1.21. The topological polar surface area (TPSA) is 56.5 Å². The minimum atomic E-state index is -4.54. The minimum absolute atomic E-state index is 0.0692. The monoisotopic (exact) mass is 245 g/mol. The molecule has 17 heavy (non-hydrogen) atoms. The Kier molecular flexibility index (Phi) is 2.49. The number of alkyl halides is 3. The number of aromatic nitrogens is 3. The fourth-order valence-electron chi connectivity index (χ4n) is 1.24. The van der Waals surface area contributed by atoms with Crippen LogP contribution in [0.25, 0.3) is 5.65 Å². The highest BCUT2D eigenvalue weighted by Crippen LogP contribution is 2.28. The van der Waals surface area contributed by atoms with Gasteiger partial charge in [-0.05, 0) is 6.07 Å². The Balaban J connectivity index is 2.52. The summed E-state index contributed by atoms with van der Waals surface area (Å²) in [5, 5.41) is 3.29. The first-order valence-corrected chi connectivity index (χ1v) is 4.44. The first-order valence-electron chi connectivity index (χ1n) is 4.44. The number of halogens is 3. The Morgan fingerprint density at radius 2 is 2.18 bits per heavy atom. The molecule has 0 spiro atoms. The van der Waals surface area contributed by atoms with E-state index in [1.807, 2.05) is 0 Å². The summed E-state index contributed by atoms with van der Waals surface area (Å²) in [4.78, 5) is 14.8. The lowest BCUT2D eigenvalue weighted by Crippen LogP contribution is -2.06. The number of ether oxygens (including phenoxy) is 1. The minimum Gasteiger partial charge on any atom is -0.464 e. The van der Waals surface area contributed by atoms with E-state index in [2.05, 4.69) is 14.8 Å². The van der Waals surface area contributed by atoms with Gasteiger partial charge in [0.2, 0.25) is 0 Å². The zero-order chi connectivity index (χ0) is 12.6. The second-order valence-electron chi connectivity index (χ2n) is 3.13. The molecule has 90 valence electrons. The summed E-state index contributed by atoms with van der Waals surface area (Å²) in [6.45, 7) is 0. The first-order chi connectivity index (χ1) is 7.91. The Hall–Kier alpha value is -2.12. The molecule has 5 nitrogen and oxygen atoms in total. The largest absolute Gasteiger partial charge is 0.464 e. The van der Waals surface area contributed by atoms with Crippen LogP contribution in [-0.2, 0) is 10.9 Å². The van der Waals surface area contributed by atoms with Crippen molar-refractivity contribution in [3.8, 4) is 0 Å². The van der Waals surface area contributed by atoms with E-state index in [0.29, 0.717) is 0 Å². The second kappa shape index (κ2) is 3.72. The van der Waals surface area contributed by atoms with E-state index in [4.69, 9.17) is 0 Å². The molecule has 2 rings (SSSR count). The molecule has 0 bridgehead atoms. The summed E-state index contributed by atoms with van der Waals surface area (Å²) >= 11 is 0. The quantitative estimate of drug-likeness (QED) is 0.715. The molecule has 0 saturated heterocycles. The van der Waals surface area contributed by atoms with Crippen LogP contribution in [0, 0.1) is 0 Å². The average Bonchev–Trinajstić information content (AvgIpc) is 2.70. The Morgan fingerprint density at radius 1 is 1.47 bits per heavy atom. The van der Waals surface area contributed by atoms with Crippen LogP contribution >= 0.6 is 0 Å². The number of methoxy groups -OCH3 is 1. The molecule has 2 aromatic rings. The third-order valence-electron chi connectivity index (χ3n) is 2.01. The number of fused-ring (bicyclic) bond motifs is 1. The van der Waals surface area contributed by atoms with Gasteiger partial charge in [0.15, 0.2) is 17.0 Å². The van der Waals surface area contributed by atoms with E-state index in [1.54, 1.807) is 0 Å². The van der Waals surface area contributed by atoms with E-state index in [9.17, 15) is 18.0 Å². The normalized spacial score (nSPS) is 11.8. The summed E-state index contributed by atoms with van der Waals surface area (Å²) in [6, 6.07) is 1.98. The maximum atomic E-state index is 12.4. The van der Waals surface area contributed by atoms with E-state index in [1.165, 1.54) is 12.3 Å². The predicted octanol–water partition coefficient (Wildman–Crippen LogP) is 1.53. The summed E-state index contributed by atoms with van der Waals surface area (Å²) in [6.07, 6.45) is -3.33. The lowest BCUT2D eigenvalue weighted by Gasteiger charge is -1.98. The number of rotatable bonds is 1. The van der Waals surface area contributed by atoms with Gasteiger partial charge in [0.25, 0.3) is 0 Å². The SMILES string of the molecule is COC(=O)c1ccn2nc(C(F)(F)F)cc2n1. The zero-order valence-corrected chi connectivity index (χ0v) is 8.52. The van der Waals surface area contributed by atoms with Gasteiger partial charge in [0, 0.05) is 12.3 Å². The predicted molar refractivity (Wildman–Crippen MR) is 49.3 cm³/mol. The average molecular weight is 245 g/mol. The molecule has 0 aliphatic rings. The Labute approximate surface area is 92.8 Å². The molecule has 2 aromatic heterocycles. The van der Waals surface area contributed by atoms with Gasteiger partial charge >= 0.3 is 12.1 Å². The highest BCUT2D eigenvalue weighted by atomic mass is 19.4. The highest BCUT2D eigenvalue weighted by Gasteiger charge is 2.34. The van der Waals surface area contributed by atoms with E-state index in [-0.39, 0.29) is 11.3 Å². The van der Waals surface area contributed by atoms with Gasteiger partial charge in [-0.25, -0.2) is 14.3 Å². The number of hydrogen-bond donors (Lipinski definition) is 0. The van der Waals surface area contributed by atoms with Crippen LogP contribution in [0.3, 0.4) is 0 Å². The second-order valence-corrected chi connectivity index (χ2v) is 3.13. The molecular weight excluding hydrogens is 239 g/mol. The van der Waals surface area contributed by atoms with Gasteiger partial charge in [-0.2, -0.15) is 18.3 Å². The number of carbonyl (C=O) groups is 1. The van der Waals surface area contributed by atoms with E-state index in [0.717, 1.165) is 17.7 Å². The van der Waals surface area contributed by atoms with Gasteiger partial charge in [0.1, 0.15) is 0 Å². The smallest absolute Gasteiger partial charge is 0.435 e. The van der Waals surface area contributed by atoms with Crippen LogP contribution in [0.1, 0.15) is 16.2 Å². The third-order valence-corrected chi connectivity index (χ3v) is 2.01. The molecule has 0 amide bonds. The van der Waals surface area contributed by atoms with Crippen LogP contribution in [0.15, 0.2) is 18.3 Å². The van der Waals surface area contributed by atoms with Crippen LogP contribution in [0.4, 0.5) is 13.2 Å². The summed E-state index contributed by atoms with van der Waals surface area (Å²) in [7, 11) is 1.16. The molecule has 0 N–H and O–H groups in total. The Bertz CT molecular complexity index is 576. The van der Waals surface area contributed by atoms with E-state index >= 15 is 0 Å². The first kappa shape index (κ1) is 11.4. The fraction of sp³-hybridized carbons (Fsp3) is 0.222. The number of nitrogens with zero attached hydrogens (tertiary/aromatic N) is 3. The third kappa shape index (κ3) is 2.05. The molecular formula is C9H6F3N3O2. The van der Waals surface area contributed by atoms with Crippen molar-refractivity contribution in [1.29, 1.82) is 0 Å². The van der Waals surface area contributed by atoms with Crippen molar-refractivity contribution in [3.05, 3.63) is 29.7 Å². The van der Waals surface area contributed by atoms with E-state index < -0.39 is 17.8 Å². The van der Waals surface area contributed by atoms with Crippen LogP contribution in [-0.4, -0.2) is 27.7 Å². The Morgan fingerprint density at radius 3 is 2.76 bits per heavy atom. The maximum Gasteiger partial charge on any atom is 0.435 e. The number of hydrogen-bond acceptors (Lipinski definition) is 4. The highest BCUT2D eigenvalue weighted by molar-refractivity contribution is 5.87. The van der Waals surface area contributed by atoms with Crippen molar-refractivity contribution in [1.82, 2.24) is 14.6 Å². The molecule has 8 heteroatoms. The van der Waals surface area contributed by atoms with Gasteiger partial charge < -0.3 is 4.74 Å². The molecule has 0 radical (unpaired) electrons. The molecule has 0 atom stereocenters. The standard InChI is InChI=1S/C9H6F3N3O2/c1-17-8(16)5-2-3-15-7(13-5)4-6(14-15)9(10,11)12/h2-4H,1H3. The molecule has 0 aliphatic heterocycles. The van der Waals surface area contributed by atoms with Gasteiger partial charge in [-0.3, -0.25) is 0 Å². The number of carbonyl (C=O) groups excluding carboxylic acids is 1. The van der Waals surface area contributed by atoms with Crippen molar-refractivity contribution in [3.63, 3.8) is 0 Å². The molecule has 0 unspecified atom stereocenters. The van der Waals surface area contributed by atoms with Crippen molar-refractivity contribution >= 4 is 11.6 Å². The van der Waals surface area contributed by atoms with Gasteiger partial charge in [-0.15, -0.1) is 0 Å². The maximum absolute atomic E-state index is 12.4. The molecule has 0 saturated carbocycles. The lowest BCUT2D eigenvalue weighted by molar-refractivity contribution is -0.141. The summed E-state index contributed by atoms with van der Waals surface area (Å²) in [5.74, 6) is -0.720. The van der Waals surface area contributed by atoms with Crippen LogP contribution in [0.2, 0.25) is 0 Å². The fourth-order valence-corrected chi connectivity index (χ4v) is 1.24. The molecule has 0 aromatic carbocycles.